The maximum absolute atomic E-state index is 10.9. The molecule has 2 atom stereocenters. The maximum atomic E-state index is 10.9. The Morgan fingerprint density at radius 3 is 2.15 bits per heavy atom. The quantitative estimate of drug-likeness (QED) is 0.511. The number of hydrogen-bond acceptors (Lipinski definition) is 5. The Balaban J connectivity index is 4.57. The summed E-state index contributed by atoms with van der Waals surface area (Å²) in [4.78, 5) is -1.39. The highest BCUT2D eigenvalue weighted by atomic mass is 32.2. The van der Waals surface area contributed by atoms with Gasteiger partial charge in [-0.25, -0.2) is 0 Å². The normalized spacial score (nSPS) is 15.5. The third-order valence-corrected chi connectivity index (χ3v) is 3.96. The fraction of sp³-hybridized carbons (Fsp3) is 1.00. The van der Waals surface area contributed by atoms with Gasteiger partial charge in [0, 0.05) is 4.57 Å². The lowest BCUT2D eigenvalue weighted by atomic mass is 10.2. The standard InChI is InChI=1S/C6H13O5PS/c1-4-6(5-2,13(8)9)11-12(7)10-3/h4-5H2,1-3H3. The molecule has 0 bridgehead atoms. The first-order chi connectivity index (χ1) is 6.02. The summed E-state index contributed by atoms with van der Waals surface area (Å²) in [5, 5.41) is 0. The Bertz CT molecular complexity index is 203. The zero-order valence-corrected chi connectivity index (χ0v) is 9.52. The number of hydrogen-bond donors (Lipinski definition) is 0. The minimum absolute atomic E-state index is 0.240. The first-order valence-corrected chi connectivity index (χ1v) is 5.99. The zero-order chi connectivity index (χ0) is 10.5. The molecule has 0 rings (SSSR count). The molecule has 0 N–H and O–H groups in total. The maximum Gasteiger partial charge on any atom is 0.698 e. The highest BCUT2D eigenvalue weighted by molar-refractivity contribution is 7.80. The van der Waals surface area contributed by atoms with Crippen LogP contribution < -0.4 is 0 Å². The van der Waals surface area contributed by atoms with Crippen LogP contribution in [0.2, 0.25) is 0 Å². The lowest BCUT2D eigenvalue weighted by molar-refractivity contribution is 0.125. The average molecular weight is 228 g/mol. The summed E-state index contributed by atoms with van der Waals surface area (Å²) in [6, 6.07) is 0. The lowest BCUT2D eigenvalue weighted by Crippen LogP contribution is -2.34. The molecule has 0 heterocycles. The Morgan fingerprint density at radius 1 is 1.46 bits per heavy atom. The van der Waals surface area contributed by atoms with E-state index >= 15 is 0 Å². The van der Waals surface area contributed by atoms with Crippen molar-refractivity contribution in [2.75, 3.05) is 7.11 Å². The Hall–Kier alpha value is 0.130. The van der Waals surface area contributed by atoms with Gasteiger partial charge in [-0.15, -0.1) is 9.05 Å². The van der Waals surface area contributed by atoms with E-state index in [0.29, 0.717) is 0 Å². The van der Waals surface area contributed by atoms with E-state index in [1.54, 1.807) is 13.8 Å². The van der Waals surface area contributed by atoms with Gasteiger partial charge >= 0.3 is 8.25 Å². The van der Waals surface area contributed by atoms with E-state index in [9.17, 15) is 13.3 Å². The van der Waals surface area contributed by atoms with E-state index < -0.39 is 24.3 Å². The van der Waals surface area contributed by atoms with Gasteiger partial charge in [-0.1, -0.05) is 13.8 Å². The van der Waals surface area contributed by atoms with E-state index in [4.69, 9.17) is 4.52 Å². The van der Waals surface area contributed by atoms with Crippen LogP contribution in [0.3, 0.4) is 0 Å². The van der Waals surface area contributed by atoms with Crippen LogP contribution in [0.4, 0.5) is 0 Å². The first-order valence-electron chi connectivity index (χ1n) is 3.82. The van der Waals surface area contributed by atoms with Crippen LogP contribution in [0.1, 0.15) is 26.7 Å². The molecule has 0 aliphatic carbocycles. The highest BCUT2D eigenvalue weighted by Crippen LogP contribution is 2.36. The minimum Gasteiger partial charge on any atom is -0.770 e. The fourth-order valence-corrected chi connectivity index (χ4v) is 2.32. The van der Waals surface area contributed by atoms with Crippen molar-refractivity contribution in [2.45, 2.75) is 31.6 Å². The molecule has 13 heavy (non-hydrogen) atoms. The van der Waals surface area contributed by atoms with Gasteiger partial charge in [-0.3, -0.25) is 4.21 Å². The molecule has 0 saturated carbocycles. The molecule has 0 spiro atoms. The number of rotatable bonds is 6. The Labute approximate surface area is 81.0 Å². The van der Waals surface area contributed by atoms with Gasteiger partial charge in [0.05, 0.1) is 7.11 Å². The average Bonchev–Trinajstić information content (AvgIpc) is 2.13. The van der Waals surface area contributed by atoms with Crippen molar-refractivity contribution in [2.24, 2.45) is 0 Å². The summed E-state index contributed by atoms with van der Waals surface area (Å²) >= 11 is -2.42. The molecule has 0 saturated heterocycles. The second-order valence-corrected chi connectivity index (χ2v) is 4.56. The van der Waals surface area contributed by atoms with Gasteiger partial charge in [0.15, 0.2) is 4.93 Å². The SMILES string of the molecule is CCC(CC)(O[P+](=O)OC)S(=O)[O-]. The Morgan fingerprint density at radius 2 is 1.92 bits per heavy atom. The van der Waals surface area contributed by atoms with Gasteiger partial charge in [0.2, 0.25) is 0 Å². The molecule has 0 aromatic heterocycles. The van der Waals surface area contributed by atoms with Crippen LogP contribution in [0.15, 0.2) is 0 Å². The molecule has 7 heteroatoms. The highest BCUT2D eigenvalue weighted by Gasteiger charge is 2.40. The third kappa shape index (κ3) is 3.40. The predicted octanol–water partition coefficient (Wildman–Crippen LogP) is 1.70. The molecular formula is C6H13O5PS. The molecule has 0 fully saturated rings. The van der Waals surface area contributed by atoms with Crippen LogP contribution in [-0.2, 0) is 24.7 Å². The molecule has 0 aromatic rings. The summed E-state index contributed by atoms with van der Waals surface area (Å²) in [7, 11) is -1.16. The molecule has 0 radical (unpaired) electrons. The monoisotopic (exact) mass is 228 g/mol. The molecule has 0 amide bonds. The fourth-order valence-electron chi connectivity index (χ4n) is 0.818. The molecule has 0 aromatic carbocycles. The van der Waals surface area contributed by atoms with Crippen LogP contribution in [0.25, 0.3) is 0 Å². The summed E-state index contributed by atoms with van der Waals surface area (Å²) in [5.74, 6) is 0. The van der Waals surface area contributed by atoms with Gasteiger partial charge in [-0.2, -0.15) is 0 Å². The molecule has 5 nitrogen and oxygen atoms in total. The minimum atomic E-state index is -2.42. The van der Waals surface area contributed by atoms with Gasteiger partial charge in [0.25, 0.3) is 0 Å². The van der Waals surface area contributed by atoms with Crippen molar-refractivity contribution < 1.29 is 22.4 Å². The van der Waals surface area contributed by atoms with E-state index in [1.807, 2.05) is 0 Å². The lowest BCUT2D eigenvalue weighted by Gasteiger charge is -2.26. The van der Waals surface area contributed by atoms with Crippen molar-refractivity contribution in [3.05, 3.63) is 0 Å². The summed E-state index contributed by atoms with van der Waals surface area (Å²) in [6.45, 7) is 3.30. The second kappa shape index (κ2) is 5.78. The van der Waals surface area contributed by atoms with Crippen molar-refractivity contribution in [3.8, 4) is 0 Å². The summed E-state index contributed by atoms with van der Waals surface area (Å²) in [5.41, 5.74) is 0. The molecule has 0 aliphatic rings. The van der Waals surface area contributed by atoms with E-state index in [2.05, 4.69) is 4.52 Å². The predicted molar refractivity (Wildman–Crippen MR) is 47.9 cm³/mol. The largest absolute Gasteiger partial charge is 0.770 e. The second-order valence-electron chi connectivity index (χ2n) is 2.35. The van der Waals surface area contributed by atoms with Crippen molar-refractivity contribution in [3.63, 3.8) is 0 Å². The van der Waals surface area contributed by atoms with Crippen LogP contribution >= 0.6 is 8.25 Å². The van der Waals surface area contributed by atoms with Gasteiger partial charge < -0.3 is 4.55 Å². The molecule has 2 unspecified atom stereocenters. The van der Waals surface area contributed by atoms with Gasteiger partial charge in [0.1, 0.15) is 0 Å². The van der Waals surface area contributed by atoms with E-state index in [-0.39, 0.29) is 12.8 Å². The summed E-state index contributed by atoms with van der Waals surface area (Å²) < 4.78 is 41.7. The molecule has 78 valence electrons. The first kappa shape index (κ1) is 13.1. The molecular weight excluding hydrogens is 215 g/mol. The molecule has 0 aliphatic heterocycles. The van der Waals surface area contributed by atoms with Crippen LogP contribution in [-0.4, -0.2) is 20.8 Å². The zero-order valence-electron chi connectivity index (χ0n) is 7.81. The van der Waals surface area contributed by atoms with Gasteiger partial charge in [-0.05, 0) is 23.9 Å². The van der Waals surface area contributed by atoms with Crippen molar-refractivity contribution >= 4 is 19.3 Å². The topological polar surface area (TPSA) is 75.7 Å². The van der Waals surface area contributed by atoms with Crippen molar-refractivity contribution in [1.82, 2.24) is 0 Å². The van der Waals surface area contributed by atoms with Crippen LogP contribution in [0, 0.1) is 0 Å². The van der Waals surface area contributed by atoms with Crippen molar-refractivity contribution in [1.29, 1.82) is 0 Å². The van der Waals surface area contributed by atoms with E-state index in [0.717, 1.165) is 0 Å². The van der Waals surface area contributed by atoms with E-state index in [1.165, 1.54) is 7.11 Å². The van der Waals surface area contributed by atoms with Crippen LogP contribution in [0.5, 0.6) is 0 Å². The Kier molecular flexibility index (Phi) is 5.83. The summed E-state index contributed by atoms with van der Waals surface area (Å²) in [6.07, 6.45) is 0.480. The third-order valence-electron chi connectivity index (χ3n) is 1.77. The smallest absolute Gasteiger partial charge is 0.698 e.